The maximum absolute atomic E-state index is 12.2. The summed E-state index contributed by atoms with van der Waals surface area (Å²) in [6.07, 6.45) is 6.58. The highest BCUT2D eigenvalue weighted by Gasteiger charge is 2.16. The fraction of sp³-hybridized carbons (Fsp3) is 0.143. The Bertz CT molecular complexity index is 584. The SMILES string of the molecule is C=C/C=C(\C=C/C)NS(=O)(=O)c1ccccc1C. The summed E-state index contributed by atoms with van der Waals surface area (Å²) >= 11 is 0. The molecule has 0 aliphatic carbocycles. The van der Waals surface area contributed by atoms with Crippen molar-refractivity contribution in [1.29, 1.82) is 0 Å². The lowest BCUT2D eigenvalue weighted by Crippen LogP contribution is -2.23. The Hall–Kier alpha value is -1.81. The van der Waals surface area contributed by atoms with E-state index in [9.17, 15) is 8.42 Å². The summed E-state index contributed by atoms with van der Waals surface area (Å²) in [6.45, 7) is 7.14. The molecule has 0 amide bonds. The first-order valence-electron chi connectivity index (χ1n) is 5.55. The normalized spacial score (nSPS) is 12.7. The van der Waals surface area contributed by atoms with Gasteiger partial charge >= 0.3 is 0 Å². The van der Waals surface area contributed by atoms with Gasteiger partial charge in [-0.25, -0.2) is 8.42 Å². The van der Waals surface area contributed by atoms with Crippen LogP contribution in [0.4, 0.5) is 0 Å². The van der Waals surface area contributed by atoms with Crippen molar-refractivity contribution in [2.24, 2.45) is 0 Å². The first-order chi connectivity index (χ1) is 8.51. The van der Waals surface area contributed by atoms with Crippen LogP contribution in [0, 0.1) is 6.92 Å². The van der Waals surface area contributed by atoms with Gasteiger partial charge in [0.2, 0.25) is 0 Å². The van der Waals surface area contributed by atoms with Crippen molar-refractivity contribution in [2.45, 2.75) is 18.7 Å². The first kappa shape index (κ1) is 14.3. The molecule has 0 saturated heterocycles. The molecule has 0 fully saturated rings. The number of aryl methyl sites for hydroxylation is 1. The molecule has 0 atom stereocenters. The van der Waals surface area contributed by atoms with Crippen LogP contribution in [0.15, 0.2) is 65.7 Å². The van der Waals surface area contributed by atoms with Gasteiger partial charge in [0, 0.05) is 5.70 Å². The van der Waals surface area contributed by atoms with Crippen molar-refractivity contribution in [2.75, 3.05) is 0 Å². The highest BCUT2D eigenvalue weighted by Crippen LogP contribution is 2.15. The highest BCUT2D eigenvalue weighted by molar-refractivity contribution is 7.89. The van der Waals surface area contributed by atoms with E-state index in [1.807, 2.05) is 6.92 Å². The molecule has 0 aliphatic heterocycles. The molecule has 18 heavy (non-hydrogen) atoms. The number of allylic oxidation sites excluding steroid dienone is 4. The molecule has 0 radical (unpaired) electrons. The van der Waals surface area contributed by atoms with Crippen LogP contribution in [0.2, 0.25) is 0 Å². The van der Waals surface area contributed by atoms with Gasteiger partial charge in [0.1, 0.15) is 0 Å². The second-order valence-corrected chi connectivity index (χ2v) is 5.38. The molecule has 96 valence electrons. The zero-order valence-corrected chi connectivity index (χ0v) is 11.4. The third-order valence-electron chi connectivity index (χ3n) is 2.28. The molecule has 1 N–H and O–H groups in total. The number of sulfonamides is 1. The number of hydrogen-bond donors (Lipinski definition) is 1. The van der Waals surface area contributed by atoms with Crippen LogP contribution in [0.5, 0.6) is 0 Å². The van der Waals surface area contributed by atoms with Gasteiger partial charge in [0.05, 0.1) is 4.90 Å². The molecular weight excluding hydrogens is 246 g/mol. The molecule has 3 nitrogen and oxygen atoms in total. The van der Waals surface area contributed by atoms with Crippen LogP contribution < -0.4 is 4.72 Å². The fourth-order valence-corrected chi connectivity index (χ4v) is 2.80. The standard InChI is InChI=1S/C14H17NO2S/c1-4-8-13(9-5-2)15-18(16,17)14-11-7-6-10-12(14)3/h4-11,15H,1H2,2-3H3/b9-5-,13-8+. The molecule has 0 bridgehead atoms. The number of hydrogen-bond acceptors (Lipinski definition) is 2. The van der Waals surface area contributed by atoms with Crippen molar-refractivity contribution in [3.05, 3.63) is 66.4 Å². The van der Waals surface area contributed by atoms with Crippen LogP contribution >= 0.6 is 0 Å². The first-order valence-corrected chi connectivity index (χ1v) is 7.03. The Labute approximate surface area is 109 Å². The minimum absolute atomic E-state index is 0.282. The molecule has 0 unspecified atom stereocenters. The minimum atomic E-state index is -3.55. The third-order valence-corrected chi connectivity index (χ3v) is 3.82. The zero-order valence-electron chi connectivity index (χ0n) is 10.6. The maximum atomic E-state index is 12.2. The molecule has 0 heterocycles. The average molecular weight is 263 g/mol. The Balaban J connectivity index is 3.13. The van der Waals surface area contributed by atoms with Crippen LogP contribution in [0.3, 0.4) is 0 Å². The van der Waals surface area contributed by atoms with E-state index >= 15 is 0 Å². The number of benzene rings is 1. The molecule has 0 saturated carbocycles. The molecular formula is C14H17NO2S. The van der Waals surface area contributed by atoms with Crippen molar-refractivity contribution < 1.29 is 8.42 Å². The quantitative estimate of drug-likeness (QED) is 0.830. The minimum Gasteiger partial charge on any atom is -0.280 e. The van der Waals surface area contributed by atoms with Crippen molar-refractivity contribution in [1.82, 2.24) is 4.72 Å². The number of rotatable bonds is 5. The van der Waals surface area contributed by atoms with E-state index in [1.165, 1.54) is 6.08 Å². The second-order valence-electron chi connectivity index (χ2n) is 3.73. The molecule has 0 spiro atoms. The monoisotopic (exact) mass is 263 g/mol. The molecule has 4 heteroatoms. The Morgan fingerprint density at radius 3 is 2.56 bits per heavy atom. The van der Waals surface area contributed by atoms with Gasteiger partial charge < -0.3 is 0 Å². The van der Waals surface area contributed by atoms with E-state index in [1.54, 1.807) is 49.4 Å². The van der Waals surface area contributed by atoms with E-state index in [-0.39, 0.29) is 4.90 Å². The summed E-state index contributed by atoms with van der Waals surface area (Å²) in [4.78, 5) is 0.282. The molecule has 1 aromatic rings. The van der Waals surface area contributed by atoms with E-state index < -0.39 is 10.0 Å². The lowest BCUT2D eigenvalue weighted by molar-refractivity contribution is 0.588. The molecule has 0 aromatic heterocycles. The van der Waals surface area contributed by atoms with Crippen LogP contribution in [-0.2, 0) is 10.0 Å². The van der Waals surface area contributed by atoms with E-state index in [2.05, 4.69) is 11.3 Å². The van der Waals surface area contributed by atoms with Gasteiger partial charge in [-0.15, -0.1) is 0 Å². The van der Waals surface area contributed by atoms with Gasteiger partial charge in [-0.3, -0.25) is 4.72 Å². The predicted molar refractivity (Wildman–Crippen MR) is 74.6 cm³/mol. The van der Waals surface area contributed by atoms with Crippen molar-refractivity contribution >= 4 is 10.0 Å². The van der Waals surface area contributed by atoms with Crippen LogP contribution in [0.1, 0.15) is 12.5 Å². The largest absolute Gasteiger partial charge is 0.280 e. The summed E-state index contributed by atoms with van der Waals surface area (Å²) < 4.78 is 26.9. The van der Waals surface area contributed by atoms with E-state index in [4.69, 9.17) is 0 Å². The fourth-order valence-electron chi connectivity index (χ4n) is 1.50. The van der Waals surface area contributed by atoms with Crippen molar-refractivity contribution in [3.8, 4) is 0 Å². The Morgan fingerprint density at radius 2 is 2.00 bits per heavy atom. The smallest absolute Gasteiger partial charge is 0.262 e. The van der Waals surface area contributed by atoms with Gasteiger partial charge in [-0.2, -0.15) is 0 Å². The Morgan fingerprint density at radius 1 is 1.33 bits per heavy atom. The van der Waals surface area contributed by atoms with E-state index in [0.29, 0.717) is 11.3 Å². The average Bonchev–Trinajstić information content (AvgIpc) is 2.29. The molecule has 0 aliphatic rings. The Kier molecular flexibility index (Phi) is 4.92. The lowest BCUT2D eigenvalue weighted by atomic mass is 10.2. The zero-order chi connectivity index (χ0) is 13.6. The van der Waals surface area contributed by atoms with Gasteiger partial charge in [0.15, 0.2) is 0 Å². The summed E-state index contributed by atoms with van der Waals surface area (Å²) in [7, 11) is -3.55. The molecule has 1 rings (SSSR count). The maximum Gasteiger partial charge on any atom is 0.262 e. The lowest BCUT2D eigenvalue weighted by Gasteiger charge is -2.10. The van der Waals surface area contributed by atoms with Crippen molar-refractivity contribution in [3.63, 3.8) is 0 Å². The molecule has 1 aromatic carbocycles. The topological polar surface area (TPSA) is 46.2 Å². The van der Waals surface area contributed by atoms with Gasteiger partial charge in [-0.05, 0) is 37.6 Å². The van der Waals surface area contributed by atoms with Gasteiger partial charge in [-0.1, -0.05) is 36.9 Å². The summed E-state index contributed by atoms with van der Waals surface area (Å²) in [5.74, 6) is 0. The third kappa shape index (κ3) is 3.60. The second kappa shape index (κ2) is 6.21. The highest BCUT2D eigenvalue weighted by atomic mass is 32.2. The van der Waals surface area contributed by atoms with Crippen LogP contribution in [0.25, 0.3) is 0 Å². The van der Waals surface area contributed by atoms with Gasteiger partial charge in [0.25, 0.3) is 10.0 Å². The summed E-state index contributed by atoms with van der Waals surface area (Å²) in [6, 6.07) is 6.86. The van der Waals surface area contributed by atoms with Crippen LogP contribution in [-0.4, -0.2) is 8.42 Å². The number of nitrogens with one attached hydrogen (secondary N) is 1. The predicted octanol–water partition coefficient (Wildman–Crippen LogP) is 2.92. The summed E-state index contributed by atoms with van der Waals surface area (Å²) in [5, 5.41) is 0. The van der Waals surface area contributed by atoms with E-state index in [0.717, 1.165) is 0 Å². The summed E-state index contributed by atoms with van der Waals surface area (Å²) in [5.41, 5.74) is 1.19.